The minimum absolute atomic E-state index is 0.861. The van der Waals surface area contributed by atoms with Crippen molar-refractivity contribution < 1.29 is 4.42 Å². The lowest BCUT2D eigenvalue weighted by molar-refractivity contribution is 0.578. The van der Waals surface area contributed by atoms with Crippen LogP contribution in [0.15, 0.2) is 22.8 Å². The van der Waals surface area contributed by atoms with E-state index in [1.165, 1.54) is 4.88 Å². The summed E-state index contributed by atoms with van der Waals surface area (Å²) in [7, 11) is 0. The molecule has 0 bridgehead atoms. The van der Waals surface area contributed by atoms with Gasteiger partial charge in [-0.25, -0.2) is 4.98 Å². The van der Waals surface area contributed by atoms with Crippen molar-refractivity contribution in [1.29, 1.82) is 0 Å². The standard InChI is InChI=1S/C12H15N3OS/c1-9-11(10-3-2-8-16-10)14-12(17-9)15-6-4-13-5-7-15/h2-3,8,13H,4-7H2,1H3. The molecule has 0 unspecified atom stereocenters. The second-order valence-electron chi connectivity index (χ2n) is 4.12. The molecule has 1 aliphatic heterocycles. The number of furan rings is 1. The van der Waals surface area contributed by atoms with Crippen LogP contribution in [-0.4, -0.2) is 31.2 Å². The lowest BCUT2D eigenvalue weighted by Crippen LogP contribution is -2.43. The first kappa shape index (κ1) is 10.8. The summed E-state index contributed by atoms with van der Waals surface area (Å²) in [4.78, 5) is 8.25. The zero-order valence-corrected chi connectivity index (χ0v) is 10.6. The molecule has 3 rings (SSSR count). The van der Waals surface area contributed by atoms with E-state index in [4.69, 9.17) is 9.40 Å². The van der Waals surface area contributed by atoms with Crippen molar-refractivity contribution in [2.75, 3.05) is 31.1 Å². The molecule has 17 heavy (non-hydrogen) atoms. The van der Waals surface area contributed by atoms with Crippen molar-refractivity contribution in [3.05, 3.63) is 23.3 Å². The summed E-state index contributed by atoms with van der Waals surface area (Å²) >= 11 is 1.75. The van der Waals surface area contributed by atoms with E-state index < -0.39 is 0 Å². The molecule has 0 aliphatic carbocycles. The molecule has 0 radical (unpaired) electrons. The normalized spacial score (nSPS) is 16.4. The van der Waals surface area contributed by atoms with Crippen LogP contribution in [0.25, 0.3) is 11.5 Å². The quantitative estimate of drug-likeness (QED) is 0.885. The van der Waals surface area contributed by atoms with E-state index in [-0.39, 0.29) is 0 Å². The molecule has 90 valence electrons. The number of piperazine rings is 1. The molecule has 2 aromatic rings. The first-order valence-electron chi connectivity index (χ1n) is 5.81. The second kappa shape index (κ2) is 4.50. The summed E-state index contributed by atoms with van der Waals surface area (Å²) in [5.41, 5.74) is 0.980. The van der Waals surface area contributed by atoms with Gasteiger partial charge in [-0.3, -0.25) is 0 Å². The van der Waals surface area contributed by atoms with Gasteiger partial charge in [0.1, 0.15) is 5.69 Å². The van der Waals surface area contributed by atoms with E-state index in [9.17, 15) is 0 Å². The van der Waals surface area contributed by atoms with E-state index in [1.807, 2.05) is 12.1 Å². The Morgan fingerprint density at radius 3 is 2.94 bits per heavy atom. The fraction of sp³-hybridized carbons (Fsp3) is 0.417. The van der Waals surface area contributed by atoms with Crippen molar-refractivity contribution in [2.45, 2.75) is 6.92 Å². The third-order valence-electron chi connectivity index (χ3n) is 2.93. The topological polar surface area (TPSA) is 41.3 Å². The number of aryl methyl sites for hydroxylation is 1. The van der Waals surface area contributed by atoms with Gasteiger partial charge in [-0.05, 0) is 19.1 Å². The first-order valence-corrected chi connectivity index (χ1v) is 6.63. The average Bonchev–Trinajstić information content (AvgIpc) is 2.99. The monoisotopic (exact) mass is 249 g/mol. The summed E-state index contributed by atoms with van der Waals surface area (Å²) < 4.78 is 5.41. The van der Waals surface area contributed by atoms with Gasteiger partial charge in [0.2, 0.25) is 0 Å². The van der Waals surface area contributed by atoms with E-state index >= 15 is 0 Å². The summed E-state index contributed by atoms with van der Waals surface area (Å²) in [5.74, 6) is 0.861. The molecule has 2 aromatic heterocycles. The molecular weight excluding hydrogens is 234 g/mol. The van der Waals surface area contributed by atoms with Crippen molar-refractivity contribution in [2.24, 2.45) is 0 Å². The number of thiazole rings is 1. The van der Waals surface area contributed by atoms with Gasteiger partial charge >= 0.3 is 0 Å². The Hall–Kier alpha value is -1.33. The van der Waals surface area contributed by atoms with Gasteiger partial charge in [0, 0.05) is 31.1 Å². The number of anilines is 1. The van der Waals surface area contributed by atoms with Gasteiger partial charge in [0.05, 0.1) is 6.26 Å². The van der Waals surface area contributed by atoms with E-state index in [2.05, 4.69) is 17.1 Å². The smallest absolute Gasteiger partial charge is 0.186 e. The zero-order chi connectivity index (χ0) is 11.7. The maximum Gasteiger partial charge on any atom is 0.186 e. The molecule has 0 spiro atoms. The number of hydrogen-bond donors (Lipinski definition) is 1. The first-order chi connectivity index (χ1) is 8.34. The summed E-state index contributed by atoms with van der Waals surface area (Å²) in [5, 5.41) is 4.46. The average molecular weight is 249 g/mol. The highest BCUT2D eigenvalue weighted by Crippen LogP contribution is 2.32. The van der Waals surface area contributed by atoms with Crippen LogP contribution < -0.4 is 10.2 Å². The Bertz CT molecular complexity index is 486. The summed E-state index contributed by atoms with van der Waals surface area (Å²) in [6, 6.07) is 3.86. The Morgan fingerprint density at radius 1 is 1.41 bits per heavy atom. The molecule has 5 heteroatoms. The van der Waals surface area contributed by atoms with Gasteiger partial charge in [0.15, 0.2) is 10.9 Å². The third kappa shape index (κ3) is 2.08. The van der Waals surface area contributed by atoms with Crippen LogP contribution in [0.1, 0.15) is 4.88 Å². The number of rotatable bonds is 2. The fourth-order valence-electron chi connectivity index (χ4n) is 2.02. The van der Waals surface area contributed by atoms with E-state index in [0.29, 0.717) is 0 Å². The predicted molar refractivity (Wildman–Crippen MR) is 69.6 cm³/mol. The molecule has 1 aliphatic rings. The van der Waals surface area contributed by atoms with E-state index in [0.717, 1.165) is 42.8 Å². The van der Waals surface area contributed by atoms with Crippen LogP contribution in [-0.2, 0) is 0 Å². The Labute approximate surface area is 104 Å². The largest absolute Gasteiger partial charge is 0.463 e. The highest BCUT2D eigenvalue weighted by molar-refractivity contribution is 7.16. The van der Waals surface area contributed by atoms with Crippen molar-refractivity contribution >= 4 is 16.5 Å². The van der Waals surface area contributed by atoms with Crippen LogP contribution in [0.4, 0.5) is 5.13 Å². The SMILES string of the molecule is Cc1sc(N2CCNCC2)nc1-c1ccco1. The van der Waals surface area contributed by atoms with Crippen molar-refractivity contribution in [1.82, 2.24) is 10.3 Å². The van der Waals surface area contributed by atoms with Crippen molar-refractivity contribution in [3.8, 4) is 11.5 Å². The lowest BCUT2D eigenvalue weighted by Gasteiger charge is -2.26. The molecule has 4 nitrogen and oxygen atoms in total. The predicted octanol–water partition coefficient (Wildman–Crippen LogP) is 2.12. The molecule has 3 heterocycles. The van der Waals surface area contributed by atoms with Crippen LogP contribution in [0.3, 0.4) is 0 Å². The Kier molecular flexibility index (Phi) is 2.86. The van der Waals surface area contributed by atoms with Crippen molar-refractivity contribution in [3.63, 3.8) is 0 Å². The molecule has 0 amide bonds. The number of nitrogens with zero attached hydrogens (tertiary/aromatic N) is 2. The molecule has 1 fully saturated rings. The number of aromatic nitrogens is 1. The van der Waals surface area contributed by atoms with Gasteiger partial charge in [-0.15, -0.1) is 11.3 Å². The van der Waals surface area contributed by atoms with E-state index in [1.54, 1.807) is 17.6 Å². The minimum Gasteiger partial charge on any atom is -0.463 e. The second-order valence-corrected chi connectivity index (χ2v) is 5.30. The maximum atomic E-state index is 5.41. The summed E-state index contributed by atoms with van der Waals surface area (Å²) in [6.07, 6.45) is 1.69. The highest BCUT2D eigenvalue weighted by atomic mass is 32.1. The molecule has 1 saturated heterocycles. The number of nitrogens with one attached hydrogen (secondary N) is 1. The fourth-order valence-corrected chi connectivity index (χ4v) is 2.98. The zero-order valence-electron chi connectivity index (χ0n) is 9.77. The van der Waals surface area contributed by atoms with Crippen LogP contribution in [0.2, 0.25) is 0 Å². The lowest BCUT2D eigenvalue weighted by atomic mass is 10.3. The summed E-state index contributed by atoms with van der Waals surface area (Å²) in [6.45, 7) is 6.24. The molecule has 0 saturated carbocycles. The maximum absolute atomic E-state index is 5.41. The van der Waals surface area contributed by atoms with Gasteiger partial charge in [0.25, 0.3) is 0 Å². The third-order valence-corrected chi connectivity index (χ3v) is 3.96. The molecule has 0 atom stereocenters. The molecular formula is C12H15N3OS. The molecule has 1 N–H and O–H groups in total. The Morgan fingerprint density at radius 2 is 2.24 bits per heavy atom. The highest BCUT2D eigenvalue weighted by Gasteiger charge is 2.18. The van der Waals surface area contributed by atoms with Gasteiger partial charge in [-0.2, -0.15) is 0 Å². The number of hydrogen-bond acceptors (Lipinski definition) is 5. The van der Waals surface area contributed by atoms with Crippen LogP contribution in [0, 0.1) is 6.92 Å². The van der Waals surface area contributed by atoms with Gasteiger partial charge in [-0.1, -0.05) is 0 Å². The van der Waals surface area contributed by atoms with Crippen LogP contribution >= 0.6 is 11.3 Å². The molecule has 0 aromatic carbocycles. The van der Waals surface area contributed by atoms with Crippen LogP contribution in [0.5, 0.6) is 0 Å². The minimum atomic E-state index is 0.861. The Balaban J connectivity index is 1.90. The van der Waals surface area contributed by atoms with Gasteiger partial charge < -0.3 is 14.6 Å².